The summed E-state index contributed by atoms with van der Waals surface area (Å²) in [7, 11) is 0. The van der Waals surface area contributed by atoms with E-state index in [0.717, 1.165) is 48.9 Å². The standard InChI is InChI=1S/C25H28ClN3O2/c1-15(16-6-3-2-4-7-16)28-24(30)20-13-18(26)12-17-9-11-29-22(23(17)20)14-21-19(25(29)31)8-5-10-27-21/h2-4,6-7,12-13,15,19,21-22,27H,5,8-11,14H2,1H3,(H,28,30)/t15-,19-,21-,22+/m1/s1. The molecule has 6 heteroatoms. The summed E-state index contributed by atoms with van der Waals surface area (Å²) in [5.41, 5.74) is 3.72. The van der Waals surface area contributed by atoms with Gasteiger partial charge >= 0.3 is 0 Å². The molecule has 2 aromatic carbocycles. The number of carbonyl (C=O) groups is 2. The lowest BCUT2D eigenvalue weighted by atomic mass is 9.76. The van der Waals surface area contributed by atoms with Crippen LogP contribution in [-0.4, -0.2) is 35.8 Å². The van der Waals surface area contributed by atoms with Gasteiger partial charge in [0, 0.05) is 23.2 Å². The van der Waals surface area contributed by atoms with Crippen LogP contribution in [0.15, 0.2) is 42.5 Å². The molecule has 0 bridgehead atoms. The fourth-order valence-electron chi connectivity index (χ4n) is 5.57. The average molecular weight is 438 g/mol. The van der Waals surface area contributed by atoms with Crippen molar-refractivity contribution in [2.24, 2.45) is 5.92 Å². The van der Waals surface area contributed by atoms with E-state index in [-0.39, 0.29) is 35.9 Å². The van der Waals surface area contributed by atoms with Crippen molar-refractivity contribution >= 4 is 23.4 Å². The number of amides is 2. The van der Waals surface area contributed by atoms with Gasteiger partial charge < -0.3 is 15.5 Å². The first kappa shape index (κ1) is 20.5. The van der Waals surface area contributed by atoms with E-state index in [0.29, 0.717) is 17.1 Å². The highest BCUT2D eigenvalue weighted by Gasteiger charge is 2.46. The van der Waals surface area contributed by atoms with Crippen molar-refractivity contribution in [3.8, 4) is 0 Å². The molecule has 0 saturated carbocycles. The Labute approximate surface area is 188 Å². The van der Waals surface area contributed by atoms with Crippen molar-refractivity contribution in [2.75, 3.05) is 13.1 Å². The minimum Gasteiger partial charge on any atom is -0.346 e. The molecule has 0 aliphatic carbocycles. The summed E-state index contributed by atoms with van der Waals surface area (Å²) < 4.78 is 0. The third-order valence-electron chi connectivity index (χ3n) is 7.12. The monoisotopic (exact) mass is 437 g/mol. The highest BCUT2D eigenvalue weighted by atomic mass is 35.5. The molecule has 5 rings (SSSR count). The fraction of sp³-hybridized carbons (Fsp3) is 0.440. The molecule has 2 N–H and O–H groups in total. The lowest BCUT2D eigenvalue weighted by Gasteiger charge is -2.48. The second-order valence-corrected chi connectivity index (χ2v) is 9.41. The normalized spacial score (nSPS) is 25.8. The minimum atomic E-state index is -0.136. The molecule has 2 amide bonds. The summed E-state index contributed by atoms with van der Waals surface area (Å²) in [6.07, 6.45) is 3.58. The molecule has 2 saturated heterocycles. The molecule has 162 valence electrons. The van der Waals surface area contributed by atoms with Crippen molar-refractivity contribution < 1.29 is 9.59 Å². The van der Waals surface area contributed by atoms with Gasteiger partial charge in [-0.2, -0.15) is 0 Å². The molecule has 0 aromatic heterocycles. The van der Waals surface area contributed by atoms with Crippen molar-refractivity contribution in [3.05, 3.63) is 69.7 Å². The maximum absolute atomic E-state index is 13.4. The number of fused-ring (bicyclic) bond motifs is 4. The zero-order valence-corrected chi connectivity index (χ0v) is 18.5. The average Bonchev–Trinajstić information content (AvgIpc) is 2.79. The van der Waals surface area contributed by atoms with E-state index in [4.69, 9.17) is 11.6 Å². The van der Waals surface area contributed by atoms with E-state index < -0.39 is 0 Å². The summed E-state index contributed by atoms with van der Waals surface area (Å²) in [5.74, 6) is 0.162. The smallest absolute Gasteiger partial charge is 0.252 e. The van der Waals surface area contributed by atoms with E-state index >= 15 is 0 Å². The highest BCUT2D eigenvalue weighted by molar-refractivity contribution is 6.31. The molecule has 0 radical (unpaired) electrons. The van der Waals surface area contributed by atoms with Gasteiger partial charge in [0.2, 0.25) is 5.91 Å². The van der Waals surface area contributed by atoms with Gasteiger partial charge in [0.15, 0.2) is 0 Å². The number of benzene rings is 2. The van der Waals surface area contributed by atoms with Crippen LogP contribution < -0.4 is 10.6 Å². The predicted octanol–water partition coefficient (Wildman–Crippen LogP) is 4.03. The molecule has 0 spiro atoms. The molecule has 5 nitrogen and oxygen atoms in total. The lowest BCUT2D eigenvalue weighted by Crippen LogP contribution is -2.58. The zero-order valence-electron chi connectivity index (χ0n) is 17.7. The van der Waals surface area contributed by atoms with Crippen LogP contribution in [0.3, 0.4) is 0 Å². The summed E-state index contributed by atoms with van der Waals surface area (Å²) >= 11 is 6.42. The van der Waals surface area contributed by atoms with Crippen molar-refractivity contribution in [3.63, 3.8) is 0 Å². The summed E-state index contributed by atoms with van der Waals surface area (Å²) in [6.45, 7) is 3.63. The second kappa shape index (κ2) is 8.29. The van der Waals surface area contributed by atoms with Crippen LogP contribution in [0.2, 0.25) is 5.02 Å². The van der Waals surface area contributed by atoms with Crippen molar-refractivity contribution in [1.82, 2.24) is 15.5 Å². The van der Waals surface area contributed by atoms with Gasteiger partial charge in [-0.05, 0) is 68.0 Å². The van der Waals surface area contributed by atoms with E-state index in [1.807, 2.05) is 48.2 Å². The van der Waals surface area contributed by atoms with Crippen LogP contribution >= 0.6 is 11.6 Å². The Morgan fingerprint density at radius 2 is 2.06 bits per heavy atom. The van der Waals surface area contributed by atoms with Crippen LogP contribution in [0.25, 0.3) is 0 Å². The van der Waals surface area contributed by atoms with E-state index in [2.05, 4.69) is 10.6 Å². The molecule has 31 heavy (non-hydrogen) atoms. The molecule has 2 fully saturated rings. The molecule has 3 heterocycles. The summed E-state index contributed by atoms with van der Waals surface area (Å²) in [5, 5.41) is 7.26. The van der Waals surface area contributed by atoms with Crippen molar-refractivity contribution in [1.29, 1.82) is 0 Å². The zero-order chi connectivity index (χ0) is 21.5. The van der Waals surface area contributed by atoms with Gasteiger partial charge in [-0.3, -0.25) is 9.59 Å². The second-order valence-electron chi connectivity index (χ2n) is 8.97. The van der Waals surface area contributed by atoms with Crippen molar-refractivity contribution in [2.45, 2.75) is 50.7 Å². The van der Waals surface area contributed by atoms with E-state index in [1.165, 1.54) is 0 Å². The first-order chi connectivity index (χ1) is 15.0. The first-order valence-electron chi connectivity index (χ1n) is 11.2. The third-order valence-corrected chi connectivity index (χ3v) is 7.33. The number of hydrogen-bond acceptors (Lipinski definition) is 3. The minimum absolute atomic E-state index is 0.0641. The van der Waals surface area contributed by atoms with Crippen LogP contribution in [0.4, 0.5) is 0 Å². The topological polar surface area (TPSA) is 61.4 Å². The van der Waals surface area contributed by atoms with Gasteiger partial charge in [0.05, 0.1) is 18.0 Å². The predicted molar refractivity (Wildman–Crippen MR) is 121 cm³/mol. The summed E-state index contributed by atoms with van der Waals surface area (Å²) in [6, 6.07) is 13.6. The van der Waals surface area contributed by atoms with Gasteiger partial charge in [-0.1, -0.05) is 41.9 Å². The van der Waals surface area contributed by atoms with Crippen LogP contribution in [0.1, 0.15) is 65.3 Å². The van der Waals surface area contributed by atoms with Crippen LogP contribution in [-0.2, 0) is 11.2 Å². The van der Waals surface area contributed by atoms with Gasteiger partial charge in [-0.15, -0.1) is 0 Å². The Bertz CT molecular complexity index is 1010. The van der Waals surface area contributed by atoms with E-state index in [9.17, 15) is 9.59 Å². The maximum Gasteiger partial charge on any atom is 0.252 e. The summed E-state index contributed by atoms with van der Waals surface area (Å²) in [4.78, 5) is 28.7. The lowest BCUT2D eigenvalue weighted by molar-refractivity contribution is -0.145. The first-order valence-corrected chi connectivity index (χ1v) is 11.6. The quantitative estimate of drug-likeness (QED) is 0.762. The molecular formula is C25H28ClN3O2. The molecular weight excluding hydrogens is 410 g/mol. The van der Waals surface area contributed by atoms with Crippen LogP contribution in [0, 0.1) is 5.92 Å². The van der Waals surface area contributed by atoms with Gasteiger partial charge in [0.1, 0.15) is 0 Å². The molecule has 3 aliphatic heterocycles. The maximum atomic E-state index is 13.4. The Morgan fingerprint density at radius 3 is 2.87 bits per heavy atom. The fourth-order valence-corrected chi connectivity index (χ4v) is 5.81. The number of rotatable bonds is 3. The number of hydrogen-bond donors (Lipinski definition) is 2. The number of nitrogens with one attached hydrogen (secondary N) is 2. The van der Waals surface area contributed by atoms with Gasteiger partial charge in [-0.25, -0.2) is 0 Å². The molecule has 0 unspecified atom stereocenters. The molecule has 3 aliphatic rings. The molecule has 2 aromatic rings. The largest absolute Gasteiger partial charge is 0.346 e. The Morgan fingerprint density at radius 1 is 1.26 bits per heavy atom. The van der Waals surface area contributed by atoms with E-state index in [1.54, 1.807) is 6.07 Å². The Balaban J connectivity index is 1.49. The number of nitrogens with zero attached hydrogens (tertiary/aromatic N) is 1. The van der Waals surface area contributed by atoms with Crippen LogP contribution in [0.5, 0.6) is 0 Å². The third kappa shape index (κ3) is 3.74. The molecule has 4 atom stereocenters. The Hall–Kier alpha value is -2.37. The number of piperidine rings is 2. The Kier molecular flexibility index (Phi) is 5.49. The number of carbonyl (C=O) groups excluding carboxylic acids is 2. The SMILES string of the molecule is C[C@@H](NC(=O)c1cc(Cl)cc2c1[C@@H]1C[C@H]3NCCC[C@H]3C(=O)N1CC2)c1ccccc1. The van der Waals surface area contributed by atoms with Gasteiger partial charge in [0.25, 0.3) is 5.91 Å². The number of halogens is 1. The highest BCUT2D eigenvalue weighted by Crippen LogP contribution is 2.43.